The van der Waals surface area contributed by atoms with E-state index in [1.807, 2.05) is 10.6 Å². The molecule has 1 aliphatic carbocycles. The van der Waals surface area contributed by atoms with Gasteiger partial charge in [-0.2, -0.15) is 0 Å². The molecule has 0 saturated carbocycles. The molecule has 2 N–H and O–H groups in total. The Balaban J connectivity index is 1.85. The summed E-state index contributed by atoms with van der Waals surface area (Å²) in [7, 11) is 1.26. The number of benzene rings is 2. The summed E-state index contributed by atoms with van der Waals surface area (Å²) in [6.07, 6.45) is -1.95. The predicted molar refractivity (Wildman–Crippen MR) is 121 cm³/mol. The van der Waals surface area contributed by atoms with Gasteiger partial charge in [0, 0.05) is 17.6 Å². The number of hydrogen-bond donors (Lipinski definition) is 1. The fourth-order valence-electron chi connectivity index (χ4n) is 4.69. The van der Waals surface area contributed by atoms with E-state index >= 15 is 0 Å². The van der Waals surface area contributed by atoms with Crippen LogP contribution in [0, 0.1) is 0 Å². The number of fused-ring (bicyclic) bond motifs is 3. The maximum Gasteiger partial charge on any atom is 0.573 e. The fraction of sp³-hybridized carbons (Fsp3) is 0.360. The minimum Gasteiger partial charge on any atom is -0.481 e. The number of ether oxygens (including phenoxy) is 3. The van der Waals surface area contributed by atoms with Crippen LogP contribution in [0.15, 0.2) is 42.5 Å². The standard InChI is InChI=1S/C25H25F3N2O5/c1-33-21(31)14-34-20-11-5-10-19-23(20)22-17(24(29)32)8-2-3-9-18(22)30(19)13-15-6-4-7-16(12-15)35-25(26,27)28/h4-7,10-12,17H,2-3,8-9,13-14H2,1H3,(H2,29,32). The lowest BCUT2D eigenvalue weighted by molar-refractivity contribution is -0.274. The van der Waals surface area contributed by atoms with Crippen LogP contribution in [0.1, 0.15) is 42.0 Å². The second kappa shape index (κ2) is 9.89. The van der Waals surface area contributed by atoms with Crippen molar-refractivity contribution in [2.24, 2.45) is 5.73 Å². The lowest BCUT2D eigenvalue weighted by Gasteiger charge is -2.14. The molecule has 3 aromatic rings. The number of methoxy groups -OCH3 is 1. The van der Waals surface area contributed by atoms with Crippen LogP contribution in [0.5, 0.6) is 11.5 Å². The lowest BCUT2D eigenvalue weighted by atomic mass is 9.92. The Kier molecular flexibility index (Phi) is 6.90. The normalized spacial score (nSPS) is 15.8. The molecule has 0 fully saturated rings. The molecule has 1 unspecified atom stereocenters. The highest BCUT2D eigenvalue weighted by atomic mass is 19.4. The zero-order chi connectivity index (χ0) is 25.2. The molecule has 10 heteroatoms. The third-order valence-corrected chi connectivity index (χ3v) is 6.10. The average Bonchev–Trinajstić information content (AvgIpc) is 2.95. The van der Waals surface area contributed by atoms with Crippen LogP contribution in [0.3, 0.4) is 0 Å². The van der Waals surface area contributed by atoms with Crippen molar-refractivity contribution >= 4 is 22.8 Å². The molecule has 35 heavy (non-hydrogen) atoms. The maximum absolute atomic E-state index is 12.7. The molecule has 0 bridgehead atoms. The molecule has 4 rings (SSSR count). The minimum absolute atomic E-state index is 0.243. The van der Waals surface area contributed by atoms with Gasteiger partial charge < -0.3 is 24.5 Å². The number of halogens is 3. The van der Waals surface area contributed by atoms with Crippen molar-refractivity contribution in [2.75, 3.05) is 13.7 Å². The summed E-state index contributed by atoms with van der Waals surface area (Å²) in [6, 6.07) is 11.1. The van der Waals surface area contributed by atoms with Crippen LogP contribution in [-0.2, 0) is 27.3 Å². The Morgan fingerprint density at radius 2 is 1.91 bits per heavy atom. The first kappa shape index (κ1) is 24.4. The zero-order valence-electron chi connectivity index (χ0n) is 19.1. The highest BCUT2D eigenvalue weighted by molar-refractivity contribution is 5.97. The smallest absolute Gasteiger partial charge is 0.481 e. The van der Waals surface area contributed by atoms with Gasteiger partial charge in [-0.25, -0.2) is 4.79 Å². The molecule has 1 aromatic heterocycles. The number of hydrogen-bond acceptors (Lipinski definition) is 5. The first-order valence-electron chi connectivity index (χ1n) is 11.2. The molecule has 1 amide bonds. The fourth-order valence-corrected chi connectivity index (χ4v) is 4.69. The molecule has 0 aliphatic heterocycles. The number of aromatic nitrogens is 1. The van der Waals surface area contributed by atoms with E-state index in [4.69, 9.17) is 10.5 Å². The van der Waals surface area contributed by atoms with Crippen LogP contribution < -0.4 is 15.2 Å². The third-order valence-electron chi connectivity index (χ3n) is 6.10. The summed E-state index contributed by atoms with van der Waals surface area (Å²) in [6.45, 7) is -0.0690. The summed E-state index contributed by atoms with van der Waals surface area (Å²) >= 11 is 0. The summed E-state index contributed by atoms with van der Waals surface area (Å²) < 4.78 is 54.7. The lowest BCUT2D eigenvalue weighted by Crippen LogP contribution is -2.22. The van der Waals surface area contributed by atoms with Crippen molar-refractivity contribution < 1.29 is 37.0 Å². The zero-order valence-corrected chi connectivity index (χ0v) is 19.1. The number of amides is 1. The summed E-state index contributed by atoms with van der Waals surface area (Å²) in [5.41, 5.74) is 8.73. The number of nitrogens with zero attached hydrogens (tertiary/aromatic N) is 1. The largest absolute Gasteiger partial charge is 0.573 e. The molecular formula is C25H25F3N2O5. The van der Waals surface area contributed by atoms with Crippen LogP contribution in [0.4, 0.5) is 13.2 Å². The molecule has 0 spiro atoms. The van der Waals surface area contributed by atoms with Crippen molar-refractivity contribution in [3.05, 3.63) is 59.3 Å². The van der Waals surface area contributed by atoms with Gasteiger partial charge in [-0.05, 0) is 54.7 Å². The molecule has 0 radical (unpaired) electrons. The molecule has 1 aliphatic rings. The Labute approximate surface area is 199 Å². The maximum atomic E-state index is 12.7. The van der Waals surface area contributed by atoms with Gasteiger partial charge in [0.15, 0.2) is 6.61 Å². The summed E-state index contributed by atoms with van der Waals surface area (Å²) in [5, 5.41) is 0.666. The Morgan fingerprint density at radius 1 is 1.14 bits per heavy atom. The van der Waals surface area contributed by atoms with Crippen molar-refractivity contribution in [3.63, 3.8) is 0 Å². The van der Waals surface area contributed by atoms with Crippen LogP contribution in [-0.4, -0.2) is 36.5 Å². The molecule has 186 valence electrons. The molecule has 0 saturated heterocycles. The monoisotopic (exact) mass is 490 g/mol. The topological polar surface area (TPSA) is 92.8 Å². The Hall–Kier alpha value is -3.69. The van der Waals surface area contributed by atoms with E-state index < -0.39 is 24.2 Å². The average molecular weight is 490 g/mol. The van der Waals surface area contributed by atoms with Gasteiger partial charge in [0.05, 0.1) is 18.5 Å². The van der Waals surface area contributed by atoms with E-state index in [1.165, 1.54) is 25.3 Å². The Morgan fingerprint density at radius 3 is 2.63 bits per heavy atom. The second-order valence-electron chi connectivity index (χ2n) is 8.36. The van der Waals surface area contributed by atoms with Gasteiger partial charge in [-0.1, -0.05) is 24.6 Å². The number of carbonyl (C=O) groups is 2. The van der Waals surface area contributed by atoms with Gasteiger partial charge in [0.2, 0.25) is 5.91 Å². The number of carbonyl (C=O) groups excluding carboxylic acids is 2. The quantitative estimate of drug-likeness (QED) is 0.391. The molecule has 1 atom stereocenters. The third kappa shape index (κ3) is 5.36. The molecule has 2 aromatic carbocycles. The number of esters is 1. The first-order valence-corrected chi connectivity index (χ1v) is 11.2. The highest BCUT2D eigenvalue weighted by Gasteiger charge is 2.32. The summed E-state index contributed by atoms with van der Waals surface area (Å²) in [4.78, 5) is 24.2. The minimum atomic E-state index is -4.80. The Bertz CT molecular complexity index is 1250. The molecular weight excluding hydrogens is 465 g/mol. The first-order chi connectivity index (χ1) is 16.7. The number of rotatable bonds is 7. The van der Waals surface area contributed by atoms with E-state index in [0.29, 0.717) is 29.5 Å². The van der Waals surface area contributed by atoms with Gasteiger partial charge >= 0.3 is 12.3 Å². The van der Waals surface area contributed by atoms with Gasteiger partial charge in [0.1, 0.15) is 11.5 Å². The molecule has 1 heterocycles. The van der Waals surface area contributed by atoms with Crippen molar-refractivity contribution in [2.45, 2.75) is 44.5 Å². The van der Waals surface area contributed by atoms with Crippen molar-refractivity contribution in [1.82, 2.24) is 4.57 Å². The van der Waals surface area contributed by atoms with Crippen LogP contribution >= 0.6 is 0 Å². The second-order valence-corrected chi connectivity index (χ2v) is 8.36. The number of primary amides is 1. The number of nitrogens with two attached hydrogens (primary N) is 1. The van der Waals surface area contributed by atoms with Gasteiger partial charge in [-0.15, -0.1) is 13.2 Å². The molecule has 7 nitrogen and oxygen atoms in total. The van der Waals surface area contributed by atoms with E-state index in [9.17, 15) is 22.8 Å². The van der Waals surface area contributed by atoms with Crippen LogP contribution in [0.25, 0.3) is 10.9 Å². The highest BCUT2D eigenvalue weighted by Crippen LogP contribution is 2.42. The predicted octanol–water partition coefficient (Wildman–Crippen LogP) is 4.44. The van der Waals surface area contributed by atoms with Crippen LogP contribution in [0.2, 0.25) is 0 Å². The van der Waals surface area contributed by atoms with E-state index in [0.717, 1.165) is 29.6 Å². The SMILES string of the molecule is COC(=O)COc1cccc2c1c1c(n2Cc2cccc(OC(F)(F)F)c2)CCCCC1C(N)=O. The van der Waals surface area contributed by atoms with E-state index in [1.54, 1.807) is 18.2 Å². The van der Waals surface area contributed by atoms with Crippen molar-refractivity contribution in [3.8, 4) is 11.5 Å². The van der Waals surface area contributed by atoms with Gasteiger partial charge in [0.25, 0.3) is 0 Å². The van der Waals surface area contributed by atoms with Gasteiger partial charge in [-0.3, -0.25) is 4.79 Å². The summed E-state index contributed by atoms with van der Waals surface area (Å²) in [5.74, 6) is -1.48. The number of alkyl halides is 3. The van der Waals surface area contributed by atoms with Crippen molar-refractivity contribution in [1.29, 1.82) is 0 Å². The van der Waals surface area contributed by atoms with E-state index in [2.05, 4.69) is 9.47 Å². The van der Waals surface area contributed by atoms with E-state index in [-0.39, 0.29) is 18.9 Å².